The van der Waals surface area contributed by atoms with Gasteiger partial charge in [0.1, 0.15) is 5.82 Å². The van der Waals surface area contributed by atoms with Gasteiger partial charge in [0.2, 0.25) is 5.91 Å². The Labute approximate surface area is 147 Å². The summed E-state index contributed by atoms with van der Waals surface area (Å²) in [5.41, 5.74) is -0.0421. The molecule has 0 atom stereocenters. The highest BCUT2D eigenvalue weighted by Crippen LogP contribution is 2.34. The van der Waals surface area contributed by atoms with E-state index in [4.69, 9.17) is 23.2 Å². The Hall–Kier alpha value is -2.18. The van der Waals surface area contributed by atoms with E-state index in [0.29, 0.717) is 12.0 Å². The van der Waals surface area contributed by atoms with Crippen molar-refractivity contribution in [3.63, 3.8) is 0 Å². The fourth-order valence-corrected chi connectivity index (χ4v) is 2.71. The second kappa shape index (κ2) is 7.15. The predicted molar refractivity (Wildman–Crippen MR) is 90.3 cm³/mol. The van der Waals surface area contributed by atoms with Crippen LogP contribution in [0.5, 0.6) is 0 Å². The Kier molecular flexibility index (Phi) is 5.41. The van der Waals surface area contributed by atoms with E-state index in [9.17, 15) is 19.1 Å². The Balaban J connectivity index is 2.73. The van der Waals surface area contributed by atoms with Crippen LogP contribution in [0.15, 0.2) is 18.2 Å². The van der Waals surface area contributed by atoms with Crippen molar-refractivity contribution in [2.45, 2.75) is 20.3 Å². The summed E-state index contributed by atoms with van der Waals surface area (Å²) in [6.07, 6.45) is 0.358. The lowest BCUT2D eigenvalue weighted by molar-refractivity contribution is -0.114. The van der Waals surface area contributed by atoms with E-state index in [1.54, 1.807) is 6.92 Å². The molecule has 5 nitrogen and oxygen atoms in total. The summed E-state index contributed by atoms with van der Waals surface area (Å²) in [5, 5.41) is 11.7. The first kappa shape index (κ1) is 18.2. The molecule has 0 fully saturated rings. The molecule has 0 unspecified atom stereocenters. The number of carboxylic acids is 1. The number of anilines is 1. The zero-order valence-electron chi connectivity index (χ0n) is 12.8. The molecule has 0 spiro atoms. The molecule has 0 radical (unpaired) electrons. The van der Waals surface area contributed by atoms with Gasteiger partial charge in [-0.15, -0.1) is 0 Å². The van der Waals surface area contributed by atoms with Crippen molar-refractivity contribution in [3.05, 3.63) is 45.3 Å². The molecule has 1 aromatic carbocycles. The number of nitrogens with zero attached hydrogens (tertiary/aromatic N) is 1. The Morgan fingerprint density at radius 3 is 2.54 bits per heavy atom. The first-order valence-electron chi connectivity index (χ1n) is 6.94. The summed E-state index contributed by atoms with van der Waals surface area (Å²) in [4.78, 5) is 26.5. The van der Waals surface area contributed by atoms with Gasteiger partial charge in [-0.2, -0.15) is 0 Å². The molecule has 0 aliphatic heterocycles. The number of nitrogens with one attached hydrogen (secondary N) is 1. The van der Waals surface area contributed by atoms with Gasteiger partial charge >= 0.3 is 5.97 Å². The van der Waals surface area contributed by atoms with Gasteiger partial charge in [-0.05, 0) is 24.6 Å². The maximum atomic E-state index is 14.7. The van der Waals surface area contributed by atoms with Crippen molar-refractivity contribution < 1.29 is 19.1 Å². The molecule has 8 heteroatoms. The zero-order valence-corrected chi connectivity index (χ0v) is 14.3. The van der Waals surface area contributed by atoms with E-state index in [2.05, 4.69) is 10.3 Å². The second-order valence-corrected chi connectivity index (χ2v) is 5.73. The number of carboxylic acid groups (broad SMARTS) is 1. The molecular formula is C16H13Cl2FN2O3. The van der Waals surface area contributed by atoms with E-state index in [1.807, 2.05) is 0 Å². The van der Waals surface area contributed by atoms with E-state index >= 15 is 0 Å². The minimum atomic E-state index is -1.39. The molecule has 0 saturated heterocycles. The summed E-state index contributed by atoms with van der Waals surface area (Å²) < 4.78 is 14.7. The molecule has 1 amide bonds. The third kappa shape index (κ3) is 3.49. The number of amides is 1. The van der Waals surface area contributed by atoms with Gasteiger partial charge in [-0.3, -0.25) is 4.79 Å². The van der Waals surface area contributed by atoms with E-state index in [1.165, 1.54) is 25.1 Å². The molecule has 0 bridgehead atoms. The molecule has 1 heterocycles. The number of aromatic carboxylic acids is 1. The molecule has 2 aromatic rings. The van der Waals surface area contributed by atoms with Crippen LogP contribution in [0.1, 0.15) is 29.9 Å². The fraction of sp³-hybridized carbons (Fsp3) is 0.188. The number of rotatable bonds is 4. The Morgan fingerprint density at radius 2 is 2.00 bits per heavy atom. The maximum Gasteiger partial charge on any atom is 0.356 e. The van der Waals surface area contributed by atoms with Gasteiger partial charge in [-0.1, -0.05) is 30.1 Å². The number of aromatic nitrogens is 1. The number of hydrogen-bond donors (Lipinski definition) is 2. The zero-order chi connectivity index (χ0) is 18.0. The predicted octanol–water partition coefficient (Wildman–Crippen LogP) is 4.41. The molecular weight excluding hydrogens is 358 g/mol. The molecule has 126 valence electrons. The fourth-order valence-electron chi connectivity index (χ4n) is 2.21. The molecule has 1 aromatic heterocycles. The van der Waals surface area contributed by atoms with Crippen LogP contribution < -0.4 is 5.32 Å². The minimum absolute atomic E-state index is 0.0319. The lowest BCUT2D eigenvalue weighted by Crippen LogP contribution is -2.11. The maximum absolute atomic E-state index is 14.7. The first-order valence-corrected chi connectivity index (χ1v) is 7.70. The summed E-state index contributed by atoms with van der Waals surface area (Å²) >= 11 is 11.9. The van der Waals surface area contributed by atoms with Crippen LogP contribution in [0, 0.1) is 5.82 Å². The quantitative estimate of drug-likeness (QED) is 0.834. The van der Waals surface area contributed by atoms with Crippen LogP contribution in [0.4, 0.5) is 10.1 Å². The van der Waals surface area contributed by atoms with Gasteiger partial charge in [0.05, 0.1) is 16.4 Å². The highest BCUT2D eigenvalue weighted by Gasteiger charge is 2.21. The third-order valence-corrected chi connectivity index (χ3v) is 4.02. The Morgan fingerprint density at radius 1 is 1.33 bits per heavy atom. The second-order valence-electron chi connectivity index (χ2n) is 4.95. The number of carbonyl (C=O) groups excluding carboxylic acids is 1. The molecule has 2 rings (SSSR count). The summed E-state index contributed by atoms with van der Waals surface area (Å²) in [6.45, 7) is 2.99. The smallest absolute Gasteiger partial charge is 0.356 e. The molecule has 0 saturated carbocycles. The number of pyridine rings is 1. The van der Waals surface area contributed by atoms with Crippen molar-refractivity contribution in [1.29, 1.82) is 0 Å². The number of benzene rings is 1. The van der Waals surface area contributed by atoms with Gasteiger partial charge in [0.15, 0.2) is 5.69 Å². The van der Waals surface area contributed by atoms with Crippen molar-refractivity contribution in [1.82, 2.24) is 4.98 Å². The minimum Gasteiger partial charge on any atom is -0.476 e. The van der Waals surface area contributed by atoms with Crippen LogP contribution in [-0.2, 0) is 11.2 Å². The molecule has 0 aliphatic rings. The van der Waals surface area contributed by atoms with Crippen molar-refractivity contribution in [2.24, 2.45) is 0 Å². The largest absolute Gasteiger partial charge is 0.476 e. The van der Waals surface area contributed by atoms with Crippen LogP contribution in [-0.4, -0.2) is 22.0 Å². The standard InChI is InChI=1S/C16H13Cl2FN2O3/c1-3-8-10(17)5-4-9(14(8)19)11-6-12(20-7(2)22)13(18)15(21-11)16(23)24/h4-6H,3H2,1-2H3,(H,23,24)(H,20,21,22). The molecule has 0 aliphatic carbocycles. The topological polar surface area (TPSA) is 79.3 Å². The van der Waals surface area contributed by atoms with Crippen LogP contribution >= 0.6 is 23.2 Å². The average molecular weight is 371 g/mol. The lowest BCUT2D eigenvalue weighted by Gasteiger charge is -2.13. The van der Waals surface area contributed by atoms with Gasteiger partial charge < -0.3 is 10.4 Å². The van der Waals surface area contributed by atoms with Gasteiger partial charge in [0.25, 0.3) is 0 Å². The Bertz CT molecular complexity index is 841. The highest BCUT2D eigenvalue weighted by atomic mass is 35.5. The van der Waals surface area contributed by atoms with Crippen molar-refractivity contribution >= 4 is 40.8 Å². The van der Waals surface area contributed by atoms with E-state index in [0.717, 1.165) is 0 Å². The normalized spacial score (nSPS) is 10.5. The van der Waals surface area contributed by atoms with Gasteiger partial charge in [0, 0.05) is 23.1 Å². The number of hydrogen-bond acceptors (Lipinski definition) is 3. The van der Waals surface area contributed by atoms with Crippen molar-refractivity contribution in [2.75, 3.05) is 5.32 Å². The number of carbonyl (C=O) groups is 2. The van der Waals surface area contributed by atoms with Crippen LogP contribution in [0.2, 0.25) is 10.0 Å². The first-order chi connectivity index (χ1) is 11.3. The van der Waals surface area contributed by atoms with Crippen molar-refractivity contribution in [3.8, 4) is 11.3 Å². The average Bonchev–Trinajstić information content (AvgIpc) is 2.49. The monoisotopic (exact) mass is 370 g/mol. The highest BCUT2D eigenvalue weighted by molar-refractivity contribution is 6.36. The SMILES string of the molecule is CCc1c(Cl)ccc(-c2cc(NC(C)=O)c(Cl)c(C(=O)O)n2)c1F. The lowest BCUT2D eigenvalue weighted by atomic mass is 10.0. The van der Waals surface area contributed by atoms with Crippen LogP contribution in [0.25, 0.3) is 11.3 Å². The molecule has 2 N–H and O–H groups in total. The van der Waals surface area contributed by atoms with Gasteiger partial charge in [-0.25, -0.2) is 14.2 Å². The number of halogens is 3. The summed E-state index contributed by atoms with van der Waals surface area (Å²) in [5.74, 6) is -2.43. The van der Waals surface area contributed by atoms with Crippen LogP contribution in [0.3, 0.4) is 0 Å². The summed E-state index contributed by atoms with van der Waals surface area (Å²) in [6, 6.07) is 4.23. The van der Waals surface area contributed by atoms with E-state index in [-0.39, 0.29) is 27.0 Å². The van der Waals surface area contributed by atoms with E-state index < -0.39 is 23.4 Å². The third-order valence-electron chi connectivity index (χ3n) is 3.29. The summed E-state index contributed by atoms with van der Waals surface area (Å²) in [7, 11) is 0. The molecule has 24 heavy (non-hydrogen) atoms.